The Morgan fingerprint density at radius 1 is 1.07 bits per heavy atom. The number of nitrogens with zero attached hydrogens (tertiary/aromatic N) is 2. The van der Waals surface area contributed by atoms with E-state index in [0.29, 0.717) is 19.5 Å². The quantitative estimate of drug-likeness (QED) is 0.566. The van der Waals surface area contributed by atoms with Crippen molar-refractivity contribution in [3.63, 3.8) is 0 Å². The van der Waals surface area contributed by atoms with Gasteiger partial charge in [0.2, 0.25) is 5.91 Å². The maximum Gasteiger partial charge on any atom is 0.408 e. The van der Waals surface area contributed by atoms with Crippen molar-refractivity contribution in [3.8, 4) is 0 Å². The number of hydrogen-bond acceptors (Lipinski definition) is 4. The van der Waals surface area contributed by atoms with E-state index in [-0.39, 0.29) is 5.91 Å². The molecule has 0 spiro atoms. The first-order chi connectivity index (χ1) is 13.2. The van der Waals surface area contributed by atoms with Gasteiger partial charge in [0.05, 0.1) is 13.1 Å². The second-order valence-corrected chi connectivity index (χ2v) is 9.90. The van der Waals surface area contributed by atoms with Crippen molar-refractivity contribution >= 4 is 34.7 Å². The molecular formula is C21H30N2O3S2. The van der Waals surface area contributed by atoms with Gasteiger partial charge in [-0.3, -0.25) is 9.69 Å². The second-order valence-electron chi connectivity index (χ2n) is 7.83. The maximum atomic E-state index is 13.6. The van der Waals surface area contributed by atoms with E-state index in [0.717, 1.165) is 22.6 Å². The molecule has 1 N–H and O–H groups in total. The maximum absolute atomic E-state index is 13.6. The van der Waals surface area contributed by atoms with Crippen LogP contribution in [0, 0.1) is 0 Å². The van der Waals surface area contributed by atoms with Gasteiger partial charge >= 0.3 is 6.09 Å². The van der Waals surface area contributed by atoms with Crippen LogP contribution >= 0.6 is 22.7 Å². The molecule has 2 amide bonds. The lowest BCUT2D eigenvalue weighted by Crippen LogP contribution is -2.57. The highest BCUT2D eigenvalue weighted by Gasteiger charge is 2.39. The lowest BCUT2D eigenvalue weighted by Gasteiger charge is -2.40. The van der Waals surface area contributed by atoms with Crippen LogP contribution in [-0.4, -0.2) is 38.5 Å². The molecule has 2 aromatic heterocycles. The monoisotopic (exact) mass is 422 g/mol. The molecule has 0 aromatic carbocycles. The van der Waals surface area contributed by atoms with Gasteiger partial charge in [-0.15, -0.1) is 22.7 Å². The number of hydrogen-bond donors (Lipinski definition) is 1. The van der Waals surface area contributed by atoms with Crippen molar-refractivity contribution in [2.24, 2.45) is 0 Å². The van der Waals surface area contributed by atoms with Crippen molar-refractivity contribution in [1.29, 1.82) is 0 Å². The van der Waals surface area contributed by atoms with E-state index in [2.05, 4.69) is 6.92 Å². The molecule has 28 heavy (non-hydrogen) atoms. The first-order valence-electron chi connectivity index (χ1n) is 9.59. The van der Waals surface area contributed by atoms with Gasteiger partial charge in [0.25, 0.3) is 0 Å². The molecule has 2 rings (SSSR count). The van der Waals surface area contributed by atoms with E-state index in [1.54, 1.807) is 27.6 Å². The van der Waals surface area contributed by atoms with Gasteiger partial charge in [0.15, 0.2) is 0 Å². The summed E-state index contributed by atoms with van der Waals surface area (Å²) in [6, 6.07) is 7.29. The molecule has 0 aliphatic rings. The van der Waals surface area contributed by atoms with Crippen molar-refractivity contribution in [2.45, 2.75) is 71.6 Å². The van der Waals surface area contributed by atoms with Crippen molar-refractivity contribution < 1.29 is 14.7 Å². The molecule has 0 bridgehead atoms. The zero-order valence-electron chi connectivity index (χ0n) is 17.1. The van der Waals surface area contributed by atoms with Gasteiger partial charge in [-0.1, -0.05) is 31.9 Å². The predicted octanol–water partition coefficient (Wildman–Crippen LogP) is 5.68. The molecule has 7 heteroatoms. The summed E-state index contributed by atoms with van der Waals surface area (Å²) in [7, 11) is 0. The number of carbonyl (C=O) groups excluding carboxylic acids is 1. The highest BCUT2D eigenvalue weighted by atomic mass is 32.1. The lowest BCUT2D eigenvalue weighted by molar-refractivity contribution is -0.139. The van der Waals surface area contributed by atoms with Gasteiger partial charge in [0, 0.05) is 15.3 Å². The molecule has 0 saturated heterocycles. The molecule has 5 nitrogen and oxygen atoms in total. The molecule has 0 fully saturated rings. The van der Waals surface area contributed by atoms with Crippen LogP contribution in [0.2, 0.25) is 0 Å². The molecule has 0 saturated carbocycles. The van der Waals surface area contributed by atoms with Crippen LogP contribution in [0.5, 0.6) is 0 Å². The zero-order valence-corrected chi connectivity index (χ0v) is 18.7. The Labute approximate surface area is 175 Å². The Hall–Kier alpha value is -1.86. The Bertz CT molecular complexity index is 700. The van der Waals surface area contributed by atoms with Gasteiger partial charge < -0.3 is 10.0 Å². The van der Waals surface area contributed by atoms with Gasteiger partial charge in [-0.25, -0.2) is 4.79 Å². The van der Waals surface area contributed by atoms with E-state index in [9.17, 15) is 14.7 Å². The van der Waals surface area contributed by atoms with Gasteiger partial charge in [-0.2, -0.15) is 0 Å². The third-order valence-electron chi connectivity index (χ3n) is 4.52. The van der Waals surface area contributed by atoms with Crippen LogP contribution in [0.15, 0.2) is 35.0 Å². The third kappa shape index (κ3) is 6.07. The van der Waals surface area contributed by atoms with Crippen LogP contribution in [-0.2, 0) is 17.9 Å². The van der Waals surface area contributed by atoms with Crippen LogP contribution < -0.4 is 0 Å². The minimum Gasteiger partial charge on any atom is -0.465 e. The Morgan fingerprint density at radius 3 is 1.96 bits per heavy atom. The van der Waals surface area contributed by atoms with Gasteiger partial charge in [0.1, 0.15) is 6.04 Å². The number of thiophene rings is 2. The highest BCUT2D eigenvalue weighted by molar-refractivity contribution is 7.10. The molecule has 154 valence electrons. The summed E-state index contributed by atoms with van der Waals surface area (Å²) in [5.74, 6) is -0.118. The zero-order chi connectivity index (χ0) is 20.7. The fourth-order valence-corrected chi connectivity index (χ4v) is 4.69. The Kier molecular flexibility index (Phi) is 8.07. The van der Waals surface area contributed by atoms with Crippen LogP contribution in [0.3, 0.4) is 0 Å². The largest absolute Gasteiger partial charge is 0.465 e. The average Bonchev–Trinajstić information content (AvgIpc) is 3.29. The molecule has 0 aliphatic carbocycles. The fraction of sp³-hybridized carbons (Fsp3) is 0.524. The summed E-state index contributed by atoms with van der Waals surface area (Å²) in [5, 5.41) is 13.9. The Morgan fingerprint density at radius 2 is 1.61 bits per heavy atom. The van der Waals surface area contributed by atoms with E-state index >= 15 is 0 Å². The van der Waals surface area contributed by atoms with E-state index in [4.69, 9.17) is 0 Å². The summed E-state index contributed by atoms with van der Waals surface area (Å²) in [6.45, 7) is 8.57. The highest BCUT2D eigenvalue weighted by Crippen LogP contribution is 2.25. The van der Waals surface area contributed by atoms with Crippen LogP contribution in [0.25, 0.3) is 0 Å². The van der Waals surface area contributed by atoms with E-state index in [1.165, 1.54) is 4.90 Å². The minimum absolute atomic E-state index is 0.118. The smallest absolute Gasteiger partial charge is 0.408 e. The van der Waals surface area contributed by atoms with Crippen LogP contribution in [0.4, 0.5) is 4.79 Å². The first-order valence-corrected chi connectivity index (χ1v) is 11.4. The summed E-state index contributed by atoms with van der Waals surface area (Å²) >= 11 is 3.22. The summed E-state index contributed by atoms with van der Waals surface area (Å²) in [6.07, 6.45) is 1.21. The molecule has 2 heterocycles. The number of carbonyl (C=O) groups is 2. The number of carboxylic acid groups (broad SMARTS) is 1. The third-order valence-corrected chi connectivity index (χ3v) is 6.24. The summed E-state index contributed by atoms with van der Waals surface area (Å²) in [5.41, 5.74) is -0.655. The number of unbranched alkanes of at least 4 members (excludes halogenated alkanes) is 1. The van der Waals surface area contributed by atoms with Crippen molar-refractivity contribution in [1.82, 2.24) is 9.80 Å². The summed E-state index contributed by atoms with van der Waals surface area (Å²) < 4.78 is 0. The van der Waals surface area contributed by atoms with Crippen molar-refractivity contribution in [3.05, 3.63) is 44.8 Å². The second kappa shape index (κ2) is 10.1. The number of amides is 2. The molecule has 1 atom stereocenters. The molecule has 2 aromatic rings. The van der Waals surface area contributed by atoms with Crippen molar-refractivity contribution in [2.75, 3.05) is 0 Å². The van der Waals surface area contributed by atoms with Gasteiger partial charge in [-0.05, 0) is 50.1 Å². The lowest BCUT2D eigenvalue weighted by atomic mass is 9.99. The SMILES string of the molecule is CCCCC(C(=O)N(Cc1cccs1)Cc1cccs1)N(C(=O)O)C(C)(C)C. The normalized spacial score (nSPS) is 12.6. The molecule has 1 unspecified atom stereocenters. The molecule has 0 radical (unpaired) electrons. The van der Waals surface area contributed by atoms with E-state index in [1.807, 2.05) is 55.8 Å². The fourth-order valence-electron chi connectivity index (χ4n) is 3.25. The molecular weight excluding hydrogens is 392 g/mol. The predicted molar refractivity (Wildman–Crippen MR) is 116 cm³/mol. The standard InChI is InChI=1S/C21H30N2O3S2/c1-5-6-11-18(23(20(25)26)21(2,3)4)19(24)22(14-16-9-7-12-27-16)15-17-10-8-13-28-17/h7-10,12-13,18H,5-6,11,14-15H2,1-4H3,(H,25,26). The molecule has 0 aliphatic heterocycles. The number of rotatable bonds is 9. The van der Waals surface area contributed by atoms with E-state index < -0.39 is 17.7 Å². The average molecular weight is 423 g/mol. The topological polar surface area (TPSA) is 60.9 Å². The summed E-state index contributed by atoms with van der Waals surface area (Å²) in [4.78, 5) is 31.0. The first kappa shape index (κ1) is 22.4. The minimum atomic E-state index is -1.05. The Balaban J connectivity index is 2.35. The van der Waals surface area contributed by atoms with Crippen LogP contribution in [0.1, 0.15) is 56.7 Å².